The smallest absolute Gasteiger partial charge is 0.274 e. The summed E-state index contributed by atoms with van der Waals surface area (Å²) in [6.45, 7) is 11.7. The van der Waals surface area contributed by atoms with Gasteiger partial charge in [0.15, 0.2) is 0 Å². The van der Waals surface area contributed by atoms with Crippen LogP contribution in [0, 0.1) is 17.0 Å². The number of likely N-dealkylation sites (N-methyl/N-ethyl adjacent to an activating group) is 1. The Bertz CT molecular complexity index is 570. The zero-order chi connectivity index (χ0) is 16.7. The first kappa shape index (κ1) is 17.8. The minimum Gasteiger partial charge on any atom is -0.326 e. The number of rotatable bonds is 8. The highest BCUT2D eigenvalue weighted by atomic mass is 16.6. The van der Waals surface area contributed by atoms with Crippen molar-refractivity contribution in [2.45, 2.75) is 27.2 Å². The molecule has 1 rings (SSSR count). The Kier molecular flexibility index (Phi) is 6.72. The molecule has 0 saturated heterocycles. The van der Waals surface area contributed by atoms with Crippen molar-refractivity contribution >= 4 is 17.3 Å². The van der Waals surface area contributed by atoms with Gasteiger partial charge in [-0.25, -0.2) is 0 Å². The van der Waals surface area contributed by atoms with E-state index in [1.165, 1.54) is 6.07 Å². The van der Waals surface area contributed by atoms with Crippen LogP contribution in [0.3, 0.4) is 0 Å². The maximum atomic E-state index is 12.0. The van der Waals surface area contributed by atoms with Gasteiger partial charge in [0.25, 0.3) is 5.69 Å². The van der Waals surface area contributed by atoms with E-state index in [9.17, 15) is 14.9 Å². The summed E-state index contributed by atoms with van der Waals surface area (Å²) in [5.41, 5.74) is 2.02. The zero-order valence-electron chi connectivity index (χ0n) is 13.4. The van der Waals surface area contributed by atoms with Gasteiger partial charge in [-0.1, -0.05) is 25.1 Å². The van der Waals surface area contributed by atoms with E-state index in [4.69, 9.17) is 0 Å². The van der Waals surface area contributed by atoms with Gasteiger partial charge in [-0.2, -0.15) is 0 Å². The van der Waals surface area contributed by atoms with Crippen LogP contribution in [-0.4, -0.2) is 35.4 Å². The van der Waals surface area contributed by atoms with Gasteiger partial charge in [0.2, 0.25) is 5.91 Å². The number of nitro groups is 1. The number of nitrogens with one attached hydrogen (secondary N) is 1. The lowest BCUT2D eigenvalue weighted by Gasteiger charge is -2.20. The van der Waals surface area contributed by atoms with Crippen molar-refractivity contribution in [3.05, 3.63) is 46.0 Å². The third-order valence-corrected chi connectivity index (χ3v) is 3.37. The molecule has 0 atom stereocenters. The molecule has 0 saturated carbocycles. The fourth-order valence-electron chi connectivity index (χ4n) is 2.16. The summed E-state index contributed by atoms with van der Waals surface area (Å²) in [5.74, 6) is -0.149. The van der Waals surface area contributed by atoms with Crippen LogP contribution in [0.4, 0.5) is 11.4 Å². The number of nitro benzene ring substituents is 1. The zero-order valence-corrected chi connectivity index (χ0v) is 13.4. The second kappa shape index (κ2) is 8.29. The topological polar surface area (TPSA) is 75.5 Å². The first-order chi connectivity index (χ1) is 10.3. The van der Waals surface area contributed by atoms with Crippen LogP contribution >= 0.6 is 0 Å². The molecule has 22 heavy (non-hydrogen) atoms. The molecule has 0 aromatic heterocycles. The van der Waals surface area contributed by atoms with E-state index in [0.29, 0.717) is 24.2 Å². The normalized spacial score (nSPS) is 10.5. The Hall–Kier alpha value is -2.21. The van der Waals surface area contributed by atoms with Gasteiger partial charge in [0.1, 0.15) is 0 Å². The minimum atomic E-state index is -0.448. The van der Waals surface area contributed by atoms with Crippen LogP contribution in [-0.2, 0) is 4.79 Å². The van der Waals surface area contributed by atoms with Crippen LogP contribution in [0.5, 0.6) is 0 Å². The van der Waals surface area contributed by atoms with Gasteiger partial charge in [-0.05, 0) is 26.5 Å². The Labute approximate surface area is 131 Å². The molecule has 0 unspecified atom stereocenters. The number of nitrogens with zero attached hydrogens (tertiary/aromatic N) is 2. The van der Waals surface area contributed by atoms with Crippen LogP contribution in [0.25, 0.3) is 0 Å². The maximum Gasteiger partial charge on any atom is 0.274 e. The molecule has 120 valence electrons. The Balaban J connectivity index is 2.64. The van der Waals surface area contributed by atoms with Crippen molar-refractivity contribution < 1.29 is 9.72 Å². The number of carbonyl (C=O) groups excluding carboxylic acids is 1. The first-order valence-electron chi connectivity index (χ1n) is 7.25. The molecule has 0 aliphatic rings. The van der Waals surface area contributed by atoms with Crippen LogP contribution in [0.15, 0.2) is 30.4 Å². The summed E-state index contributed by atoms with van der Waals surface area (Å²) in [7, 11) is 0. The molecular formula is C16H23N3O3. The molecule has 0 aliphatic heterocycles. The summed E-state index contributed by atoms with van der Waals surface area (Å²) in [6, 6.07) is 4.67. The second-order valence-electron chi connectivity index (χ2n) is 5.33. The lowest BCUT2D eigenvalue weighted by atomic mass is 10.1. The predicted molar refractivity (Wildman–Crippen MR) is 88.0 cm³/mol. The SMILES string of the molecule is C=C(C)CN(CC)CCC(=O)Nc1cccc([N+](=O)[O-])c1C. The summed E-state index contributed by atoms with van der Waals surface area (Å²) in [5, 5.41) is 13.6. The van der Waals surface area contributed by atoms with E-state index in [1.807, 2.05) is 13.8 Å². The Morgan fingerprint density at radius 3 is 2.68 bits per heavy atom. The average molecular weight is 305 g/mol. The second-order valence-corrected chi connectivity index (χ2v) is 5.33. The number of anilines is 1. The molecule has 0 bridgehead atoms. The van der Waals surface area contributed by atoms with E-state index < -0.39 is 4.92 Å². The third-order valence-electron chi connectivity index (χ3n) is 3.37. The number of carbonyl (C=O) groups is 1. The standard InChI is InChI=1S/C16H23N3O3/c1-5-18(11-12(2)3)10-9-16(20)17-14-7-6-8-15(13(14)4)19(21)22/h6-8H,2,5,9-11H2,1,3-4H3,(H,17,20). The first-order valence-corrected chi connectivity index (χ1v) is 7.25. The van der Waals surface area contributed by atoms with Crippen molar-refractivity contribution in [3.8, 4) is 0 Å². The summed E-state index contributed by atoms with van der Waals surface area (Å²) >= 11 is 0. The molecule has 1 N–H and O–H groups in total. The van der Waals surface area contributed by atoms with Crippen molar-refractivity contribution in [3.63, 3.8) is 0 Å². The molecule has 0 spiro atoms. The molecule has 0 aliphatic carbocycles. The fraction of sp³-hybridized carbons (Fsp3) is 0.438. The average Bonchev–Trinajstić information content (AvgIpc) is 2.45. The van der Waals surface area contributed by atoms with E-state index in [2.05, 4.69) is 16.8 Å². The molecule has 6 nitrogen and oxygen atoms in total. The summed E-state index contributed by atoms with van der Waals surface area (Å²) in [6.07, 6.45) is 0.337. The van der Waals surface area contributed by atoms with E-state index in [-0.39, 0.29) is 11.6 Å². The van der Waals surface area contributed by atoms with Crippen molar-refractivity contribution in [2.24, 2.45) is 0 Å². The van der Waals surface area contributed by atoms with Gasteiger partial charge < -0.3 is 5.32 Å². The number of hydrogen-bond donors (Lipinski definition) is 1. The number of hydrogen-bond acceptors (Lipinski definition) is 4. The molecule has 0 radical (unpaired) electrons. The monoisotopic (exact) mass is 305 g/mol. The number of amides is 1. The van der Waals surface area contributed by atoms with Crippen LogP contribution in [0.1, 0.15) is 25.8 Å². The third kappa shape index (κ3) is 5.29. The van der Waals surface area contributed by atoms with E-state index in [1.54, 1.807) is 19.1 Å². The molecule has 0 fully saturated rings. The van der Waals surface area contributed by atoms with E-state index in [0.717, 1.165) is 18.7 Å². The highest BCUT2D eigenvalue weighted by molar-refractivity contribution is 5.92. The summed E-state index contributed by atoms with van der Waals surface area (Å²) < 4.78 is 0. The Morgan fingerprint density at radius 2 is 2.14 bits per heavy atom. The molecule has 1 aromatic carbocycles. The molecular weight excluding hydrogens is 282 g/mol. The van der Waals surface area contributed by atoms with Gasteiger partial charge >= 0.3 is 0 Å². The van der Waals surface area contributed by atoms with Gasteiger partial charge in [-0.3, -0.25) is 19.8 Å². The maximum absolute atomic E-state index is 12.0. The molecule has 6 heteroatoms. The highest BCUT2D eigenvalue weighted by Gasteiger charge is 2.15. The van der Waals surface area contributed by atoms with Gasteiger partial charge in [0, 0.05) is 25.6 Å². The lowest BCUT2D eigenvalue weighted by molar-refractivity contribution is -0.385. The van der Waals surface area contributed by atoms with Crippen molar-refractivity contribution in [1.29, 1.82) is 0 Å². The minimum absolute atomic E-state index is 0.00951. The summed E-state index contributed by atoms with van der Waals surface area (Å²) in [4.78, 5) is 24.6. The highest BCUT2D eigenvalue weighted by Crippen LogP contribution is 2.25. The van der Waals surface area contributed by atoms with E-state index >= 15 is 0 Å². The molecule has 1 aromatic rings. The Morgan fingerprint density at radius 1 is 1.45 bits per heavy atom. The van der Waals surface area contributed by atoms with Crippen molar-refractivity contribution in [1.82, 2.24) is 4.90 Å². The lowest BCUT2D eigenvalue weighted by Crippen LogP contribution is -2.29. The largest absolute Gasteiger partial charge is 0.326 e. The van der Waals surface area contributed by atoms with Gasteiger partial charge in [-0.15, -0.1) is 0 Å². The number of benzene rings is 1. The predicted octanol–water partition coefficient (Wildman–Crippen LogP) is 3.13. The quantitative estimate of drug-likeness (QED) is 0.455. The molecule has 0 heterocycles. The molecule has 1 amide bonds. The van der Waals surface area contributed by atoms with Gasteiger partial charge in [0.05, 0.1) is 16.2 Å². The van der Waals surface area contributed by atoms with Crippen molar-refractivity contribution in [2.75, 3.05) is 25.0 Å². The fourth-order valence-corrected chi connectivity index (χ4v) is 2.16. The van der Waals surface area contributed by atoms with Crippen LogP contribution < -0.4 is 5.32 Å². The van der Waals surface area contributed by atoms with Crippen LogP contribution in [0.2, 0.25) is 0 Å².